The highest BCUT2D eigenvalue weighted by Crippen LogP contribution is 2.44. The molecular formula is C18H24FN5O. The van der Waals surface area contributed by atoms with E-state index in [0.717, 1.165) is 30.4 Å². The number of rotatable bonds is 3. The molecule has 3 aromatic heterocycles. The van der Waals surface area contributed by atoms with Gasteiger partial charge >= 0.3 is 0 Å². The van der Waals surface area contributed by atoms with Crippen molar-refractivity contribution in [1.82, 2.24) is 19.9 Å². The fourth-order valence-corrected chi connectivity index (χ4v) is 2.99. The fraction of sp³-hybridized carbons (Fsp3) is 0.500. The predicted molar refractivity (Wildman–Crippen MR) is 95.8 cm³/mol. The second-order valence-corrected chi connectivity index (χ2v) is 6.40. The van der Waals surface area contributed by atoms with E-state index in [-0.39, 0.29) is 11.9 Å². The van der Waals surface area contributed by atoms with E-state index in [9.17, 15) is 4.39 Å². The first-order chi connectivity index (χ1) is 12.0. The van der Waals surface area contributed by atoms with Crippen LogP contribution in [0.4, 0.5) is 10.2 Å². The third kappa shape index (κ3) is 2.77. The molecule has 4 rings (SSSR count). The van der Waals surface area contributed by atoms with Crippen molar-refractivity contribution in [2.75, 3.05) is 5.73 Å². The zero-order valence-corrected chi connectivity index (χ0v) is 15.3. The van der Waals surface area contributed by atoms with Crippen LogP contribution in [0.5, 0.6) is 0 Å². The molecule has 6 nitrogen and oxygen atoms in total. The van der Waals surface area contributed by atoms with Gasteiger partial charge in [-0.15, -0.1) is 0 Å². The van der Waals surface area contributed by atoms with Crippen LogP contribution in [0.3, 0.4) is 0 Å². The number of pyridine rings is 1. The highest BCUT2D eigenvalue weighted by atomic mass is 19.1. The summed E-state index contributed by atoms with van der Waals surface area (Å²) < 4.78 is 21.5. The van der Waals surface area contributed by atoms with E-state index < -0.39 is 5.82 Å². The normalized spacial score (nSPS) is 14.0. The molecule has 0 radical (unpaired) electrons. The Morgan fingerprint density at radius 3 is 2.56 bits per heavy atom. The Bertz CT molecular complexity index is 908. The average molecular weight is 345 g/mol. The van der Waals surface area contributed by atoms with E-state index in [1.807, 2.05) is 34.6 Å². The standard InChI is InChI=1S/C16H18FN5O.C2H6/c1-7(2)22-14-10(17)6-19-16(18)11(14)13(20-22)12-8(3)15(23-21-12)9-4-5-9;1-2/h6-7,9H,4-5H2,1-3H3,(H2,18,19);1-2H3. The van der Waals surface area contributed by atoms with Crippen molar-refractivity contribution in [3.05, 3.63) is 23.3 Å². The lowest BCUT2D eigenvalue weighted by Gasteiger charge is -2.07. The van der Waals surface area contributed by atoms with Crippen LogP contribution in [-0.4, -0.2) is 19.9 Å². The summed E-state index contributed by atoms with van der Waals surface area (Å²) >= 11 is 0. The third-order valence-electron chi connectivity index (χ3n) is 4.33. The molecule has 7 heteroatoms. The molecule has 0 bridgehead atoms. The van der Waals surface area contributed by atoms with Gasteiger partial charge in [-0.05, 0) is 33.6 Å². The summed E-state index contributed by atoms with van der Waals surface area (Å²) in [5, 5.41) is 9.25. The van der Waals surface area contributed by atoms with Crippen LogP contribution in [0.1, 0.15) is 63.8 Å². The summed E-state index contributed by atoms with van der Waals surface area (Å²) in [6.07, 6.45) is 3.37. The number of hydrogen-bond donors (Lipinski definition) is 1. The molecule has 1 aliphatic rings. The molecule has 3 heterocycles. The highest BCUT2D eigenvalue weighted by Gasteiger charge is 2.32. The summed E-state index contributed by atoms with van der Waals surface area (Å²) in [5.74, 6) is 1.15. The first kappa shape index (κ1) is 17.4. The number of halogens is 1. The van der Waals surface area contributed by atoms with E-state index in [2.05, 4.69) is 15.2 Å². The number of fused-ring (bicyclic) bond motifs is 1. The molecule has 1 fully saturated rings. The first-order valence-corrected chi connectivity index (χ1v) is 8.77. The van der Waals surface area contributed by atoms with Gasteiger partial charge in [-0.25, -0.2) is 9.37 Å². The third-order valence-corrected chi connectivity index (χ3v) is 4.33. The van der Waals surface area contributed by atoms with Crippen LogP contribution >= 0.6 is 0 Å². The van der Waals surface area contributed by atoms with Gasteiger partial charge in [0.2, 0.25) is 0 Å². The molecule has 1 aliphatic carbocycles. The van der Waals surface area contributed by atoms with Crippen molar-refractivity contribution in [2.24, 2.45) is 0 Å². The predicted octanol–water partition coefficient (Wildman–Crippen LogP) is 4.60. The molecule has 0 atom stereocenters. The van der Waals surface area contributed by atoms with Crippen LogP contribution in [0.25, 0.3) is 22.3 Å². The number of hydrogen-bond acceptors (Lipinski definition) is 5. The Hall–Kier alpha value is -2.44. The van der Waals surface area contributed by atoms with Crippen molar-refractivity contribution in [2.45, 2.75) is 59.4 Å². The second-order valence-electron chi connectivity index (χ2n) is 6.40. The maximum absolute atomic E-state index is 14.3. The van der Waals surface area contributed by atoms with Crippen LogP contribution in [0.2, 0.25) is 0 Å². The summed E-state index contributed by atoms with van der Waals surface area (Å²) in [6.45, 7) is 9.84. The van der Waals surface area contributed by atoms with Gasteiger partial charge < -0.3 is 10.3 Å². The van der Waals surface area contributed by atoms with E-state index in [1.165, 1.54) is 0 Å². The Balaban J connectivity index is 0.000000880. The van der Waals surface area contributed by atoms with Gasteiger partial charge in [0.15, 0.2) is 5.82 Å². The monoisotopic (exact) mass is 345 g/mol. The zero-order chi connectivity index (χ0) is 18.3. The van der Waals surface area contributed by atoms with Gasteiger partial charge in [-0.3, -0.25) is 4.68 Å². The van der Waals surface area contributed by atoms with Gasteiger partial charge in [0, 0.05) is 17.5 Å². The molecular weight excluding hydrogens is 321 g/mol. The Kier molecular flexibility index (Phi) is 4.49. The van der Waals surface area contributed by atoms with Crippen molar-refractivity contribution in [1.29, 1.82) is 0 Å². The van der Waals surface area contributed by atoms with Crippen LogP contribution < -0.4 is 5.73 Å². The maximum Gasteiger partial charge on any atom is 0.167 e. The topological polar surface area (TPSA) is 82.8 Å². The van der Waals surface area contributed by atoms with Gasteiger partial charge in [-0.1, -0.05) is 19.0 Å². The number of nitrogens with zero attached hydrogens (tertiary/aromatic N) is 4. The number of aromatic nitrogens is 4. The van der Waals surface area contributed by atoms with E-state index >= 15 is 0 Å². The maximum atomic E-state index is 14.3. The molecule has 134 valence electrons. The van der Waals surface area contributed by atoms with Crippen molar-refractivity contribution < 1.29 is 8.91 Å². The molecule has 0 saturated heterocycles. The molecule has 1 saturated carbocycles. The van der Waals surface area contributed by atoms with Gasteiger partial charge in [0.25, 0.3) is 0 Å². The lowest BCUT2D eigenvalue weighted by atomic mass is 10.1. The Morgan fingerprint density at radius 1 is 1.28 bits per heavy atom. The minimum absolute atomic E-state index is 0.0161. The Labute approximate surface area is 146 Å². The molecule has 0 unspecified atom stereocenters. The highest BCUT2D eigenvalue weighted by molar-refractivity contribution is 6.00. The molecule has 25 heavy (non-hydrogen) atoms. The average Bonchev–Trinajstić information content (AvgIpc) is 3.24. The molecule has 0 aliphatic heterocycles. The van der Waals surface area contributed by atoms with Crippen LogP contribution in [0, 0.1) is 12.7 Å². The van der Waals surface area contributed by atoms with Gasteiger partial charge in [0.1, 0.15) is 28.5 Å². The number of nitrogens with two attached hydrogens (primary N) is 1. The van der Waals surface area contributed by atoms with E-state index in [4.69, 9.17) is 10.3 Å². The van der Waals surface area contributed by atoms with Crippen molar-refractivity contribution in [3.63, 3.8) is 0 Å². The molecule has 3 aromatic rings. The van der Waals surface area contributed by atoms with Crippen LogP contribution in [0.15, 0.2) is 10.7 Å². The molecule has 0 aromatic carbocycles. The SMILES string of the molecule is CC.Cc1c(-c2nn(C(C)C)c3c(F)cnc(N)c23)noc1C1CC1. The summed E-state index contributed by atoms with van der Waals surface area (Å²) in [4.78, 5) is 3.94. The second kappa shape index (κ2) is 6.46. The molecule has 0 spiro atoms. The minimum atomic E-state index is -0.440. The Morgan fingerprint density at radius 2 is 1.96 bits per heavy atom. The summed E-state index contributed by atoms with van der Waals surface area (Å²) in [5.41, 5.74) is 8.48. The zero-order valence-electron chi connectivity index (χ0n) is 15.3. The van der Waals surface area contributed by atoms with Crippen molar-refractivity contribution in [3.8, 4) is 11.4 Å². The number of nitrogen functional groups attached to an aromatic ring is 1. The molecule has 0 amide bonds. The quantitative estimate of drug-likeness (QED) is 0.750. The summed E-state index contributed by atoms with van der Waals surface area (Å²) in [6, 6.07) is -0.0161. The lowest BCUT2D eigenvalue weighted by Crippen LogP contribution is -2.04. The van der Waals surface area contributed by atoms with E-state index in [1.54, 1.807) is 4.68 Å². The summed E-state index contributed by atoms with van der Waals surface area (Å²) in [7, 11) is 0. The fourth-order valence-electron chi connectivity index (χ4n) is 2.99. The largest absolute Gasteiger partial charge is 0.383 e. The minimum Gasteiger partial charge on any atom is -0.383 e. The lowest BCUT2D eigenvalue weighted by molar-refractivity contribution is 0.385. The van der Waals surface area contributed by atoms with Gasteiger partial charge in [0.05, 0.1) is 11.6 Å². The van der Waals surface area contributed by atoms with Gasteiger partial charge in [-0.2, -0.15) is 5.10 Å². The van der Waals surface area contributed by atoms with E-state index in [0.29, 0.717) is 28.2 Å². The first-order valence-electron chi connectivity index (χ1n) is 8.77. The number of anilines is 1. The van der Waals surface area contributed by atoms with Crippen molar-refractivity contribution >= 4 is 16.7 Å². The smallest absolute Gasteiger partial charge is 0.167 e. The molecule has 2 N–H and O–H groups in total. The van der Waals surface area contributed by atoms with Crippen LogP contribution in [-0.2, 0) is 0 Å².